The van der Waals surface area contributed by atoms with Gasteiger partial charge < -0.3 is 4.74 Å². The van der Waals surface area contributed by atoms with E-state index in [1.54, 1.807) is 0 Å². The molecule has 0 aliphatic carbocycles. The Hall–Kier alpha value is -2.12. The molecule has 1 heterocycles. The molecule has 0 saturated carbocycles. The van der Waals surface area contributed by atoms with E-state index < -0.39 is 10.3 Å². The number of hydrogen-bond donors (Lipinski definition) is 1. The minimum Gasteiger partial charge on any atom is -0.486 e. The van der Waals surface area contributed by atoms with Crippen LogP contribution in [0.4, 0.5) is 0 Å². The lowest BCUT2D eigenvalue weighted by molar-refractivity contribution is 0.325. The molecule has 0 saturated heterocycles. The van der Waals surface area contributed by atoms with E-state index in [2.05, 4.69) is 9.88 Å². The molecule has 0 fully saturated rings. The van der Waals surface area contributed by atoms with E-state index in [0.717, 1.165) is 16.3 Å². The Labute approximate surface area is 129 Å². The van der Waals surface area contributed by atoms with E-state index >= 15 is 0 Å². The summed E-state index contributed by atoms with van der Waals surface area (Å²) in [7, 11) is -3.88. The number of fused-ring (bicyclic) bond motifs is 3. The van der Waals surface area contributed by atoms with Crippen molar-refractivity contribution < 1.29 is 17.4 Å². The fourth-order valence-corrected chi connectivity index (χ4v) is 3.00. The van der Waals surface area contributed by atoms with Crippen molar-refractivity contribution in [3.63, 3.8) is 0 Å². The smallest absolute Gasteiger partial charge is 0.402 e. The van der Waals surface area contributed by atoms with Gasteiger partial charge in [0.2, 0.25) is 0 Å². The molecule has 2 aromatic carbocycles. The van der Waals surface area contributed by atoms with Crippen LogP contribution in [0, 0.1) is 0 Å². The molecule has 3 rings (SSSR count). The predicted molar refractivity (Wildman–Crippen MR) is 84.3 cm³/mol. The van der Waals surface area contributed by atoms with Gasteiger partial charge in [-0.25, -0.2) is 0 Å². The first-order valence-corrected chi connectivity index (χ1v) is 8.41. The highest BCUT2D eigenvalue weighted by Crippen LogP contribution is 2.32. The maximum absolute atomic E-state index is 11.6. The number of nitrogens with one attached hydrogen (secondary N) is 1. The van der Waals surface area contributed by atoms with E-state index in [1.807, 2.05) is 43.3 Å². The van der Waals surface area contributed by atoms with Gasteiger partial charge in [-0.15, -0.1) is 0 Å². The van der Waals surface area contributed by atoms with Crippen molar-refractivity contribution in [1.29, 1.82) is 0 Å². The second-order valence-corrected chi connectivity index (χ2v) is 6.26. The predicted octanol–water partition coefficient (Wildman–Crippen LogP) is 2.20. The van der Waals surface area contributed by atoms with Crippen LogP contribution in [0.3, 0.4) is 0 Å². The number of benzene rings is 2. The Morgan fingerprint density at radius 1 is 1.27 bits per heavy atom. The lowest BCUT2D eigenvalue weighted by Crippen LogP contribution is -2.25. The van der Waals surface area contributed by atoms with Gasteiger partial charge in [-0.1, -0.05) is 42.4 Å². The summed E-state index contributed by atoms with van der Waals surface area (Å²) in [6.45, 7) is 2.36. The highest BCUT2D eigenvalue weighted by Gasteiger charge is 2.23. The Morgan fingerprint density at radius 2 is 2.09 bits per heavy atom. The quantitative estimate of drug-likeness (QED) is 0.857. The molecular formula is C15H16N2O4S. The molecule has 7 heteroatoms. The van der Waals surface area contributed by atoms with Crippen LogP contribution in [0.5, 0.6) is 5.75 Å². The molecule has 1 aliphatic rings. The zero-order valence-corrected chi connectivity index (χ0v) is 12.9. The van der Waals surface area contributed by atoms with Gasteiger partial charge in [-0.3, -0.25) is 4.28 Å². The van der Waals surface area contributed by atoms with Crippen molar-refractivity contribution in [2.75, 3.05) is 13.2 Å². The molecule has 116 valence electrons. The third-order valence-corrected chi connectivity index (χ3v) is 4.15. The third kappa shape index (κ3) is 2.90. The molecule has 1 N–H and O–H groups in total. The third-order valence-electron chi connectivity index (χ3n) is 3.32. The maximum Gasteiger partial charge on any atom is 0.402 e. The Kier molecular flexibility index (Phi) is 4.00. The molecule has 2 aromatic rings. The normalized spacial score (nSPS) is 15.8. The fraction of sp³-hybridized carbons (Fsp3) is 0.267. The number of oxime groups is 1. The SMILES string of the molecule is CCCNS(=O)(=O)O/N=C1\COc2ccc3ccccc3c21. The topological polar surface area (TPSA) is 77.0 Å². The summed E-state index contributed by atoms with van der Waals surface area (Å²) in [6, 6.07) is 11.6. The molecule has 0 radical (unpaired) electrons. The summed E-state index contributed by atoms with van der Waals surface area (Å²) < 4.78 is 35.8. The average molecular weight is 320 g/mol. The van der Waals surface area contributed by atoms with Crippen LogP contribution in [-0.4, -0.2) is 27.3 Å². The van der Waals surface area contributed by atoms with Gasteiger partial charge in [0.25, 0.3) is 0 Å². The lowest BCUT2D eigenvalue weighted by atomic mass is 10.0. The molecule has 0 spiro atoms. The standard InChI is InChI=1S/C15H16N2O4S/c1-2-9-16-22(18,19)21-17-13-10-20-14-8-7-11-5-3-4-6-12(11)15(13)14/h3-8,16H,2,9-10H2,1H3/b17-13+. The number of rotatable bonds is 5. The molecule has 0 unspecified atom stereocenters. The highest BCUT2D eigenvalue weighted by molar-refractivity contribution is 7.84. The second-order valence-electron chi connectivity index (χ2n) is 4.91. The zero-order valence-electron chi connectivity index (χ0n) is 12.1. The number of hydrogen-bond acceptors (Lipinski definition) is 5. The van der Waals surface area contributed by atoms with Crippen LogP contribution >= 0.6 is 0 Å². The molecule has 0 aromatic heterocycles. The van der Waals surface area contributed by atoms with Gasteiger partial charge in [0.1, 0.15) is 18.1 Å². The molecule has 6 nitrogen and oxygen atoms in total. The summed E-state index contributed by atoms with van der Waals surface area (Å²) in [4.78, 5) is 0. The van der Waals surface area contributed by atoms with E-state index in [0.29, 0.717) is 24.4 Å². The Bertz CT molecular complexity index is 831. The van der Waals surface area contributed by atoms with Gasteiger partial charge >= 0.3 is 10.3 Å². The molecule has 0 amide bonds. The highest BCUT2D eigenvalue weighted by atomic mass is 32.2. The van der Waals surface area contributed by atoms with Gasteiger partial charge in [0, 0.05) is 6.54 Å². The molecule has 22 heavy (non-hydrogen) atoms. The minimum atomic E-state index is -3.88. The van der Waals surface area contributed by atoms with Crippen LogP contribution in [0.25, 0.3) is 10.8 Å². The van der Waals surface area contributed by atoms with Crippen molar-refractivity contribution >= 4 is 26.8 Å². The molecular weight excluding hydrogens is 304 g/mol. The van der Waals surface area contributed by atoms with Crippen molar-refractivity contribution in [3.8, 4) is 5.75 Å². The lowest BCUT2D eigenvalue weighted by Gasteiger charge is -2.04. The van der Waals surface area contributed by atoms with Gasteiger partial charge in [-0.05, 0) is 23.3 Å². The first-order chi connectivity index (χ1) is 10.6. The van der Waals surface area contributed by atoms with Gasteiger partial charge in [0.15, 0.2) is 0 Å². The minimum absolute atomic E-state index is 0.187. The summed E-state index contributed by atoms with van der Waals surface area (Å²) in [5.74, 6) is 0.681. The number of ether oxygens (including phenoxy) is 1. The van der Waals surface area contributed by atoms with E-state index in [1.165, 1.54) is 0 Å². The summed E-state index contributed by atoms with van der Waals surface area (Å²) in [6.07, 6.45) is 0.676. The first kappa shape index (κ1) is 14.8. The monoisotopic (exact) mass is 320 g/mol. The second kappa shape index (κ2) is 5.94. The van der Waals surface area contributed by atoms with Crippen LogP contribution in [0.2, 0.25) is 0 Å². The molecule has 0 atom stereocenters. The zero-order chi connectivity index (χ0) is 15.6. The van der Waals surface area contributed by atoms with Crippen LogP contribution in [0.1, 0.15) is 18.9 Å². The van der Waals surface area contributed by atoms with Crippen LogP contribution in [-0.2, 0) is 14.6 Å². The average Bonchev–Trinajstić information content (AvgIpc) is 2.95. The summed E-state index contributed by atoms with van der Waals surface area (Å²) in [5.41, 5.74) is 1.25. The van der Waals surface area contributed by atoms with E-state index in [9.17, 15) is 8.42 Å². The van der Waals surface area contributed by atoms with Crippen molar-refractivity contribution in [2.45, 2.75) is 13.3 Å². The van der Waals surface area contributed by atoms with E-state index in [4.69, 9.17) is 9.02 Å². The van der Waals surface area contributed by atoms with Crippen LogP contribution in [0.15, 0.2) is 41.6 Å². The van der Waals surface area contributed by atoms with Gasteiger partial charge in [0.05, 0.1) is 5.56 Å². The van der Waals surface area contributed by atoms with Crippen molar-refractivity contribution in [2.24, 2.45) is 5.16 Å². The first-order valence-electron chi connectivity index (χ1n) is 7.01. The largest absolute Gasteiger partial charge is 0.486 e. The summed E-state index contributed by atoms with van der Waals surface area (Å²) in [5, 5.41) is 5.77. The van der Waals surface area contributed by atoms with Crippen molar-refractivity contribution in [1.82, 2.24) is 4.72 Å². The van der Waals surface area contributed by atoms with Gasteiger partial charge in [-0.2, -0.15) is 13.1 Å². The molecule has 1 aliphatic heterocycles. The summed E-state index contributed by atoms with van der Waals surface area (Å²) >= 11 is 0. The fourth-order valence-electron chi connectivity index (χ4n) is 2.31. The van der Waals surface area contributed by atoms with Crippen LogP contribution < -0.4 is 9.46 Å². The Balaban J connectivity index is 1.94. The molecule has 0 bridgehead atoms. The number of nitrogens with zero attached hydrogens (tertiary/aromatic N) is 1. The van der Waals surface area contributed by atoms with E-state index in [-0.39, 0.29) is 6.61 Å². The maximum atomic E-state index is 11.6. The van der Waals surface area contributed by atoms with Crippen molar-refractivity contribution in [3.05, 3.63) is 42.0 Å². The Morgan fingerprint density at radius 3 is 2.91 bits per heavy atom.